The Hall–Kier alpha value is -3.58. The predicted octanol–water partition coefficient (Wildman–Crippen LogP) is 3.82. The van der Waals surface area contributed by atoms with Gasteiger partial charge in [0.2, 0.25) is 0 Å². The molecule has 3 aromatic heterocycles. The molecule has 1 fully saturated rings. The topological polar surface area (TPSA) is 117 Å². The summed E-state index contributed by atoms with van der Waals surface area (Å²) in [5.41, 5.74) is 3.37. The van der Waals surface area contributed by atoms with E-state index in [9.17, 15) is 12.8 Å². The highest BCUT2D eigenvalue weighted by atomic mass is 32.2. The van der Waals surface area contributed by atoms with Crippen molar-refractivity contribution in [3.05, 3.63) is 54.2 Å². The van der Waals surface area contributed by atoms with Gasteiger partial charge in [0.1, 0.15) is 11.6 Å². The van der Waals surface area contributed by atoms with Crippen molar-refractivity contribution in [3.63, 3.8) is 0 Å². The van der Waals surface area contributed by atoms with Gasteiger partial charge in [-0.15, -0.1) is 0 Å². The summed E-state index contributed by atoms with van der Waals surface area (Å²) in [6.45, 7) is 0. The Labute approximate surface area is 196 Å². The maximum Gasteiger partial charge on any atom is 0.178 e. The van der Waals surface area contributed by atoms with Crippen LogP contribution in [-0.4, -0.2) is 44.7 Å². The number of imidazole rings is 1. The molecule has 0 bridgehead atoms. The average molecular weight is 479 g/mol. The molecule has 1 aliphatic rings. The van der Waals surface area contributed by atoms with Crippen molar-refractivity contribution in [2.45, 2.75) is 25.7 Å². The number of pyridine rings is 1. The highest BCUT2D eigenvalue weighted by Crippen LogP contribution is 2.49. The first kappa shape index (κ1) is 22.2. The molecule has 5 rings (SSSR count). The third kappa shape index (κ3) is 4.43. The lowest BCUT2D eigenvalue weighted by atomic mass is 10.0. The fourth-order valence-corrected chi connectivity index (χ4v) is 6.27. The van der Waals surface area contributed by atoms with Crippen LogP contribution in [-0.2, 0) is 23.3 Å². The highest BCUT2D eigenvalue weighted by Gasteiger charge is 2.45. The van der Waals surface area contributed by atoms with Crippen molar-refractivity contribution in [2.75, 3.05) is 11.5 Å². The standard InChI is InChI=1S/C24H23FN6O2S/c1-31-14-18(13-28-31)22-29-21-19(4-10-27-23(21)30-22)17-3-2-16(20(25)12-17)5-11-34(32,33)15-24(6-7-24)8-9-26/h2-4,10,12-14H,5-8,11,15H2,1H3,(H,27,29,30). The van der Waals surface area contributed by atoms with E-state index in [1.54, 1.807) is 35.3 Å². The minimum atomic E-state index is -3.37. The second kappa shape index (κ2) is 8.33. The van der Waals surface area contributed by atoms with E-state index >= 15 is 0 Å². The van der Waals surface area contributed by atoms with Crippen molar-refractivity contribution in [3.8, 4) is 28.6 Å². The third-order valence-corrected chi connectivity index (χ3v) is 8.23. The molecule has 0 amide bonds. The number of nitrogens with zero attached hydrogens (tertiary/aromatic N) is 5. The molecule has 4 aromatic rings. The molecule has 0 spiro atoms. The largest absolute Gasteiger partial charge is 0.336 e. The fraction of sp³-hybridized carbons (Fsp3) is 0.333. The number of H-pyrrole nitrogens is 1. The first-order valence-corrected chi connectivity index (χ1v) is 12.8. The van der Waals surface area contributed by atoms with Crippen LogP contribution in [0.15, 0.2) is 42.9 Å². The number of sulfone groups is 1. The molecule has 174 valence electrons. The SMILES string of the molecule is Cn1cc(-c2nc3nccc(-c4ccc(CCS(=O)(=O)CC5(CC#N)CC5)c(F)c4)c3[nH]2)cn1. The van der Waals surface area contributed by atoms with Gasteiger partial charge in [-0.3, -0.25) is 4.68 Å². The maximum absolute atomic E-state index is 15.0. The Morgan fingerprint density at radius 1 is 1.26 bits per heavy atom. The Morgan fingerprint density at radius 3 is 2.76 bits per heavy atom. The summed E-state index contributed by atoms with van der Waals surface area (Å²) in [5.74, 6) is 0.0322. The summed E-state index contributed by atoms with van der Waals surface area (Å²) in [6.07, 6.45) is 7.04. The van der Waals surface area contributed by atoms with E-state index in [0.29, 0.717) is 28.1 Å². The molecular formula is C24H23FN6O2S. The van der Waals surface area contributed by atoms with Crippen LogP contribution >= 0.6 is 0 Å². The summed E-state index contributed by atoms with van der Waals surface area (Å²) in [6, 6.07) is 8.70. The minimum Gasteiger partial charge on any atom is -0.336 e. The molecule has 34 heavy (non-hydrogen) atoms. The number of hydrogen-bond acceptors (Lipinski definition) is 6. The summed E-state index contributed by atoms with van der Waals surface area (Å²) >= 11 is 0. The lowest BCUT2D eigenvalue weighted by Crippen LogP contribution is -2.21. The van der Waals surface area contributed by atoms with Crippen molar-refractivity contribution >= 4 is 21.0 Å². The molecule has 0 radical (unpaired) electrons. The molecule has 1 N–H and O–H groups in total. The Balaban J connectivity index is 1.37. The Morgan fingerprint density at radius 2 is 2.09 bits per heavy atom. The van der Waals surface area contributed by atoms with E-state index in [0.717, 1.165) is 24.0 Å². The zero-order valence-corrected chi connectivity index (χ0v) is 19.4. The molecule has 0 atom stereocenters. The van der Waals surface area contributed by atoms with Crippen LogP contribution in [0.4, 0.5) is 4.39 Å². The summed E-state index contributed by atoms with van der Waals surface area (Å²) in [4.78, 5) is 12.1. The van der Waals surface area contributed by atoms with E-state index in [4.69, 9.17) is 5.26 Å². The number of halogens is 1. The van der Waals surface area contributed by atoms with Crippen molar-refractivity contribution in [1.82, 2.24) is 24.7 Å². The summed E-state index contributed by atoms with van der Waals surface area (Å²) in [5, 5.41) is 13.1. The maximum atomic E-state index is 15.0. The number of aromatic nitrogens is 5. The van der Waals surface area contributed by atoms with Gasteiger partial charge in [0, 0.05) is 31.4 Å². The number of aryl methyl sites for hydroxylation is 2. The molecular weight excluding hydrogens is 455 g/mol. The molecule has 8 nitrogen and oxygen atoms in total. The number of benzene rings is 1. The third-order valence-electron chi connectivity index (χ3n) is 6.35. The number of aromatic amines is 1. The van der Waals surface area contributed by atoms with Gasteiger partial charge in [0.25, 0.3) is 0 Å². The molecule has 0 aliphatic heterocycles. The van der Waals surface area contributed by atoms with Gasteiger partial charge in [0.05, 0.1) is 34.9 Å². The van der Waals surface area contributed by atoms with Crippen molar-refractivity contribution in [1.29, 1.82) is 5.26 Å². The monoisotopic (exact) mass is 478 g/mol. The van der Waals surface area contributed by atoms with Gasteiger partial charge < -0.3 is 4.98 Å². The van der Waals surface area contributed by atoms with Gasteiger partial charge in [-0.25, -0.2) is 22.8 Å². The van der Waals surface area contributed by atoms with Crippen LogP contribution in [0.25, 0.3) is 33.7 Å². The Kier molecular flexibility index (Phi) is 5.44. The summed E-state index contributed by atoms with van der Waals surface area (Å²) in [7, 11) is -1.55. The summed E-state index contributed by atoms with van der Waals surface area (Å²) < 4.78 is 41.7. The van der Waals surface area contributed by atoms with Crippen LogP contribution in [0.1, 0.15) is 24.8 Å². The minimum absolute atomic E-state index is 0.00134. The second-order valence-electron chi connectivity index (χ2n) is 9.03. The molecule has 10 heteroatoms. The van der Waals surface area contributed by atoms with Crippen molar-refractivity contribution < 1.29 is 12.8 Å². The van der Waals surface area contributed by atoms with E-state index in [2.05, 4.69) is 26.1 Å². The molecule has 1 saturated carbocycles. The molecule has 1 aliphatic carbocycles. The lowest BCUT2D eigenvalue weighted by Gasteiger charge is -2.12. The van der Waals surface area contributed by atoms with Crippen LogP contribution in [0.2, 0.25) is 0 Å². The lowest BCUT2D eigenvalue weighted by molar-refractivity contribution is 0.547. The predicted molar refractivity (Wildman–Crippen MR) is 126 cm³/mol. The number of fused-ring (bicyclic) bond motifs is 1. The first-order valence-electron chi connectivity index (χ1n) is 11.0. The van der Waals surface area contributed by atoms with Crippen LogP contribution in [0, 0.1) is 22.6 Å². The van der Waals surface area contributed by atoms with Gasteiger partial charge >= 0.3 is 0 Å². The van der Waals surface area contributed by atoms with Gasteiger partial charge in [-0.2, -0.15) is 10.4 Å². The number of nitrogens with one attached hydrogen (secondary N) is 1. The van der Waals surface area contributed by atoms with Crippen LogP contribution in [0.3, 0.4) is 0 Å². The van der Waals surface area contributed by atoms with E-state index in [-0.39, 0.29) is 29.8 Å². The van der Waals surface area contributed by atoms with E-state index in [1.165, 1.54) is 6.07 Å². The van der Waals surface area contributed by atoms with E-state index in [1.807, 2.05) is 13.2 Å². The van der Waals surface area contributed by atoms with Crippen LogP contribution < -0.4 is 0 Å². The fourth-order valence-electron chi connectivity index (χ4n) is 4.27. The molecule has 1 aromatic carbocycles. The number of nitriles is 1. The van der Waals surface area contributed by atoms with E-state index < -0.39 is 15.7 Å². The second-order valence-corrected chi connectivity index (χ2v) is 11.2. The first-order chi connectivity index (χ1) is 16.3. The zero-order valence-electron chi connectivity index (χ0n) is 18.6. The Bertz CT molecular complexity index is 1530. The van der Waals surface area contributed by atoms with Crippen molar-refractivity contribution in [2.24, 2.45) is 12.5 Å². The number of rotatable bonds is 8. The molecule has 0 saturated heterocycles. The van der Waals surface area contributed by atoms with Gasteiger partial charge in [-0.05, 0) is 47.9 Å². The smallest absolute Gasteiger partial charge is 0.178 e. The average Bonchev–Trinajstić information content (AvgIpc) is 3.19. The molecule has 3 heterocycles. The van der Waals surface area contributed by atoms with Crippen LogP contribution in [0.5, 0.6) is 0 Å². The zero-order chi connectivity index (χ0) is 23.9. The normalized spacial score (nSPS) is 14.9. The quantitative estimate of drug-likeness (QED) is 0.411. The van der Waals surface area contributed by atoms with Gasteiger partial charge in [-0.1, -0.05) is 12.1 Å². The van der Waals surface area contributed by atoms with Gasteiger partial charge in [0.15, 0.2) is 15.5 Å². The highest BCUT2D eigenvalue weighted by molar-refractivity contribution is 7.91. The number of hydrogen-bond donors (Lipinski definition) is 1. The molecule has 0 unspecified atom stereocenters.